The van der Waals surface area contributed by atoms with Gasteiger partial charge >= 0.3 is 0 Å². The predicted molar refractivity (Wildman–Crippen MR) is 261 cm³/mol. The molecule has 0 spiro atoms. The largest absolute Gasteiger partial charge is 0.374 e. The summed E-state index contributed by atoms with van der Waals surface area (Å²) in [7, 11) is 4.88. The van der Waals surface area contributed by atoms with Gasteiger partial charge in [-0.25, -0.2) is 4.98 Å². The van der Waals surface area contributed by atoms with E-state index in [1.165, 1.54) is 33.4 Å². The second-order valence-corrected chi connectivity index (χ2v) is 18.7. The summed E-state index contributed by atoms with van der Waals surface area (Å²) in [6.45, 7) is 13.8. The highest BCUT2D eigenvalue weighted by molar-refractivity contribution is 7.09. The Bertz CT molecular complexity index is 2010. The summed E-state index contributed by atoms with van der Waals surface area (Å²) < 4.78 is 11.4. The van der Waals surface area contributed by atoms with Crippen molar-refractivity contribution in [3.05, 3.63) is 40.4 Å². The molecule has 1 saturated heterocycles. The molecule has 0 unspecified atom stereocenters. The molecule has 390 valence electrons. The second-order valence-electron chi connectivity index (χ2n) is 17.8. The van der Waals surface area contributed by atoms with Crippen LogP contribution in [0.5, 0.6) is 0 Å². The van der Waals surface area contributed by atoms with E-state index in [0.29, 0.717) is 42.8 Å². The van der Waals surface area contributed by atoms with Crippen molar-refractivity contribution >= 4 is 64.5 Å². The van der Waals surface area contributed by atoms with E-state index in [0.717, 1.165) is 47.8 Å². The Morgan fingerprint density at radius 2 is 1.59 bits per heavy atom. The van der Waals surface area contributed by atoms with Gasteiger partial charge in [-0.1, -0.05) is 38.8 Å². The fourth-order valence-corrected chi connectivity index (χ4v) is 8.75. The maximum atomic E-state index is 14.5. The van der Waals surface area contributed by atoms with Crippen molar-refractivity contribution in [3.63, 3.8) is 0 Å². The lowest BCUT2D eigenvalue weighted by molar-refractivity contribution is -0.145. The minimum absolute atomic E-state index is 0.00919. The third-order valence-corrected chi connectivity index (χ3v) is 13.3. The van der Waals surface area contributed by atoms with Crippen LogP contribution in [-0.2, 0) is 47.8 Å². The highest BCUT2D eigenvalue weighted by atomic mass is 32.1. The number of carbonyl (C=O) groups is 9. The van der Waals surface area contributed by atoms with Crippen LogP contribution in [0.25, 0.3) is 0 Å². The lowest BCUT2D eigenvalue weighted by atomic mass is 9.94. The molecule has 2 aliphatic heterocycles. The minimum Gasteiger partial charge on any atom is -0.374 e. The van der Waals surface area contributed by atoms with E-state index in [1.54, 1.807) is 11.8 Å². The van der Waals surface area contributed by atoms with Crippen LogP contribution in [0.3, 0.4) is 0 Å². The Kier molecular flexibility index (Phi) is 24.8. The van der Waals surface area contributed by atoms with Crippen molar-refractivity contribution in [2.24, 2.45) is 11.7 Å². The van der Waals surface area contributed by atoms with E-state index in [1.807, 2.05) is 25.8 Å². The first-order valence-corrected chi connectivity index (χ1v) is 24.8. The number of hydrogen-bond donors (Lipinski definition) is 7. The van der Waals surface area contributed by atoms with Crippen LogP contribution in [-0.4, -0.2) is 170 Å². The van der Waals surface area contributed by atoms with Crippen molar-refractivity contribution in [3.8, 4) is 0 Å². The Labute approximate surface area is 415 Å². The third kappa shape index (κ3) is 17.7. The number of likely N-dealkylation sites (N-methyl/N-ethyl adjacent to an activating group) is 1. The summed E-state index contributed by atoms with van der Waals surface area (Å²) in [5.41, 5.74) is 6.29. The van der Waals surface area contributed by atoms with E-state index >= 15 is 0 Å². The molecule has 23 heteroatoms. The van der Waals surface area contributed by atoms with Gasteiger partial charge < -0.3 is 52.0 Å². The van der Waals surface area contributed by atoms with Crippen LogP contribution in [0.4, 0.5) is 0 Å². The summed E-state index contributed by atoms with van der Waals surface area (Å²) in [4.78, 5) is 126. The molecule has 2 aliphatic rings. The van der Waals surface area contributed by atoms with E-state index in [2.05, 4.69) is 43.5 Å². The number of nitrogens with two attached hydrogens (primary N) is 1. The number of nitrogens with zero attached hydrogens (tertiary/aromatic N) is 4. The number of thiazole rings is 1. The highest BCUT2D eigenvalue weighted by Crippen LogP contribution is 2.30. The average molecular weight is 1000 g/mol. The molecule has 1 aromatic heterocycles. The molecule has 0 aliphatic carbocycles. The summed E-state index contributed by atoms with van der Waals surface area (Å²) in [5.74, 6) is -4.64. The summed E-state index contributed by atoms with van der Waals surface area (Å²) in [5, 5.41) is 18.1. The maximum absolute atomic E-state index is 14.5. The molecule has 0 aromatic carbocycles. The van der Waals surface area contributed by atoms with Crippen molar-refractivity contribution in [1.29, 1.82) is 0 Å². The molecule has 3 heterocycles. The van der Waals surface area contributed by atoms with Gasteiger partial charge in [0.05, 0.1) is 12.1 Å². The maximum Gasteiger partial charge on any atom is 0.271 e. The van der Waals surface area contributed by atoms with Crippen LogP contribution in [0, 0.1) is 5.92 Å². The number of unbranched alkanes of at least 4 members (excludes halogenated alkanes) is 1. The van der Waals surface area contributed by atoms with E-state index in [-0.39, 0.29) is 75.1 Å². The van der Waals surface area contributed by atoms with Gasteiger partial charge in [0.1, 0.15) is 47.7 Å². The molecule has 0 radical (unpaired) electrons. The smallest absolute Gasteiger partial charge is 0.271 e. The summed E-state index contributed by atoms with van der Waals surface area (Å²) >= 11 is 1.16. The molecule has 1 aromatic rings. The quantitative estimate of drug-likeness (QED) is 0.0238. The number of imide groups is 1. The van der Waals surface area contributed by atoms with Gasteiger partial charge in [0.15, 0.2) is 0 Å². The number of likely N-dealkylation sites (tertiary alicyclic amines) is 1. The third-order valence-electron chi connectivity index (χ3n) is 12.4. The molecule has 70 heavy (non-hydrogen) atoms. The number of ether oxygens (including phenoxy) is 2. The van der Waals surface area contributed by atoms with Crippen LogP contribution in [0.1, 0.15) is 114 Å². The zero-order valence-corrected chi connectivity index (χ0v) is 42.7. The monoisotopic (exact) mass is 1000 g/mol. The van der Waals surface area contributed by atoms with Crippen molar-refractivity contribution < 1.29 is 52.6 Å². The second kappa shape index (κ2) is 29.5. The molecule has 0 saturated carbocycles. The molecular formula is C47H75N11O11S. The predicted octanol–water partition coefficient (Wildman–Crippen LogP) is 0.397. The molecule has 3 rings (SSSR count). The number of amides is 9. The Morgan fingerprint density at radius 3 is 2.20 bits per heavy atom. The SMILES string of the molecule is C=C(C)[C@@H](C[C@@H](OC)c1nc(C(=O)N[C@@H](C)C(=O)N[C@@H](C)C(=O)N[C@@H](CCCCN)C(=O)NCCNC(=O)CCN2C(=O)C=CC2=O)cs1)N(COC)C(=O)[C@@H](NC(=O)[C@H]1CCCCN1C)[C@@H](C)CC. The summed E-state index contributed by atoms with van der Waals surface area (Å²) in [6, 6.07) is -4.99. The number of hydrogen-bond acceptors (Lipinski definition) is 15. The average Bonchev–Trinajstić information content (AvgIpc) is 3.95. The van der Waals surface area contributed by atoms with Crippen LogP contribution in [0.2, 0.25) is 0 Å². The van der Waals surface area contributed by atoms with Crippen molar-refractivity contribution in [1.82, 2.24) is 51.6 Å². The zero-order valence-electron chi connectivity index (χ0n) is 41.9. The molecule has 22 nitrogen and oxygen atoms in total. The van der Waals surface area contributed by atoms with Gasteiger partial charge in [-0.15, -0.1) is 11.3 Å². The first-order valence-electron chi connectivity index (χ1n) is 23.9. The fourth-order valence-electron chi connectivity index (χ4n) is 7.86. The highest BCUT2D eigenvalue weighted by Gasteiger charge is 2.38. The van der Waals surface area contributed by atoms with E-state index < -0.39 is 77.7 Å². The zero-order chi connectivity index (χ0) is 52.1. The number of nitrogens with one attached hydrogen (secondary N) is 6. The number of aromatic nitrogens is 1. The van der Waals surface area contributed by atoms with Crippen molar-refractivity contribution in [2.45, 2.75) is 135 Å². The minimum atomic E-state index is -1.12. The van der Waals surface area contributed by atoms with E-state index in [4.69, 9.17) is 15.2 Å². The summed E-state index contributed by atoms with van der Waals surface area (Å²) in [6.07, 6.45) is 6.27. The van der Waals surface area contributed by atoms with Gasteiger partial charge in [0, 0.05) is 64.2 Å². The molecular weight excluding hydrogens is 927 g/mol. The molecule has 0 bridgehead atoms. The normalized spacial score (nSPS) is 17.8. The molecule has 1 fully saturated rings. The first kappa shape index (κ1) is 58.7. The lowest BCUT2D eigenvalue weighted by Crippen LogP contribution is -2.58. The Balaban J connectivity index is 1.59. The standard InChI is InChI=1S/C47H75N11O11S/c1-10-29(4)40(55-45(66)34-16-12-14-23-56(34)7)47(67)58(27-68-8)35(28(2)3)25-36(69-9)46-54-33(26-70-46)44(65)52-30(5)41(62)51-31(6)42(63)53-32(15-11-13-20-48)43(64)50-22-21-49-37(59)19-24-57-38(60)17-18-39(57)61/h17-18,26,29-32,34-36,40H,2,10-16,19-25,27,48H2,1,3-9H3,(H,49,59)(H,50,64)(H,51,62)(H,52,65)(H,53,63)(H,55,66)/t29-,30-,31-,32-,34+,35+,36+,40-/m0/s1. The lowest BCUT2D eigenvalue weighted by Gasteiger charge is -2.38. The number of rotatable bonds is 30. The van der Waals surface area contributed by atoms with Crippen LogP contribution < -0.4 is 37.6 Å². The molecule has 8 N–H and O–H groups in total. The van der Waals surface area contributed by atoms with Gasteiger partial charge in [0.2, 0.25) is 35.4 Å². The first-order chi connectivity index (χ1) is 33.3. The van der Waals surface area contributed by atoms with Crippen LogP contribution >= 0.6 is 11.3 Å². The fraction of sp³-hybridized carbons (Fsp3) is 0.660. The topological polar surface area (TPSA) is 293 Å². The van der Waals surface area contributed by atoms with Gasteiger partial charge in [0.25, 0.3) is 17.7 Å². The molecule has 8 atom stereocenters. The van der Waals surface area contributed by atoms with Gasteiger partial charge in [-0.2, -0.15) is 0 Å². The van der Waals surface area contributed by atoms with Crippen molar-refractivity contribution in [2.75, 3.05) is 60.7 Å². The van der Waals surface area contributed by atoms with Gasteiger partial charge in [-0.3, -0.25) is 53.0 Å². The van der Waals surface area contributed by atoms with Crippen LogP contribution in [0.15, 0.2) is 29.7 Å². The Morgan fingerprint density at radius 1 is 0.929 bits per heavy atom. The Hall–Kier alpha value is -5.62. The van der Waals surface area contributed by atoms with Gasteiger partial charge in [-0.05, 0) is 78.9 Å². The number of piperidine rings is 1. The number of methoxy groups -OCH3 is 2. The molecule has 9 amide bonds. The van der Waals surface area contributed by atoms with E-state index in [9.17, 15) is 43.2 Å². The number of carbonyl (C=O) groups excluding carboxylic acids is 9.